The standard InChI is InChI=1S/C11H14N6O2S/c18-20(19,10-7-12-8-15-10)16-9-5-13-11(14-6-9)17-3-1-2-4-17/h5-8,16H,1-4H2,(H,12,15). The van der Waals surface area contributed by atoms with Crippen LogP contribution < -0.4 is 9.62 Å². The number of rotatable bonds is 4. The summed E-state index contributed by atoms with van der Waals surface area (Å²) in [7, 11) is -3.66. The Balaban J connectivity index is 1.75. The Bertz CT molecular complexity index is 661. The molecule has 0 aliphatic carbocycles. The Hall–Kier alpha value is -2.16. The molecule has 1 aliphatic heterocycles. The normalized spacial score (nSPS) is 15.5. The summed E-state index contributed by atoms with van der Waals surface area (Å²) in [5.41, 5.74) is 0.322. The highest BCUT2D eigenvalue weighted by Crippen LogP contribution is 2.17. The maximum absolute atomic E-state index is 12.0. The molecular weight excluding hydrogens is 280 g/mol. The molecule has 2 N–H and O–H groups in total. The van der Waals surface area contributed by atoms with Crippen molar-refractivity contribution >= 4 is 21.7 Å². The molecule has 0 saturated carbocycles. The Morgan fingerprint density at radius 3 is 2.45 bits per heavy atom. The molecule has 1 fully saturated rings. The van der Waals surface area contributed by atoms with Gasteiger partial charge in [-0.15, -0.1) is 0 Å². The molecule has 0 atom stereocenters. The number of aromatic nitrogens is 4. The highest BCUT2D eigenvalue weighted by Gasteiger charge is 2.17. The van der Waals surface area contributed by atoms with Crippen LogP contribution in [0.3, 0.4) is 0 Å². The molecule has 1 saturated heterocycles. The van der Waals surface area contributed by atoms with Crippen LogP contribution in [-0.4, -0.2) is 41.4 Å². The third-order valence-electron chi connectivity index (χ3n) is 3.04. The first kappa shape index (κ1) is 12.9. The van der Waals surface area contributed by atoms with Crippen LogP contribution in [0.5, 0.6) is 0 Å². The van der Waals surface area contributed by atoms with Crippen molar-refractivity contribution in [1.29, 1.82) is 0 Å². The SMILES string of the molecule is O=S(=O)(Nc1cnc(N2CCCC2)nc1)c1cnc[nH]1. The fourth-order valence-corrected chi connectivity index (χ4v) is 2.99. The van der Waals surface area contributed by atoms with E-state index in [9.17, 15) is 8.42 Å². The average molecular weight is 294 g/mol. The van der Waals surface area contributed by atoms with Gasteiger partial charge in [0.25, 0.3) is 10.0 Å². The summed E-state index contributed by atoms with van der Waals surface area (Å²) < 4.78 is 26.3. The van der Waals surface area contributed by atoms with Gasteiger partial charge in [0.15, 0.2) is 5.03 Å². The number of aromatic amines is 1. The van der Waals surface area contributed by atoms with Gasteiger partial charge in [0.1, 0.15) is 0 Å². The summed E-state index contributed by atoms with van der Waals surface area (Å²) in [4.78, 5) is 16.7. The van der Waals surface area contributed by atoms with Crippen LogP contribution in [0.15, 0.2) is 29.9 Å². The fourth-order valence-electron chi connectivity index (χ4n) is 2.05. The number of sulfonamides is 1. The van der Waals surface area contributed by atoms with Crippen LogP contribution in [-0.2, 0) is 10.0 Å². The third kappa shape index (κ3) is 2.57. The molecule has 3 rings (SSSR count). The molecule has 106 valence electrons. The van der Waals surface area contributed by atoms with E-state index in [4.69, 9.17) is 0 Å². The predicted octanol–water partition coefficient (Wildman–Crippen LogP) is 0.601. The lowest BCUT2D eigenvalue weighted by Crippen LogP contribution is -2.20. The summed E-state index contributed by atoms with van der Waals surface area (Å²) in [5.74, 6) is 0.631. The molecule has 3 heterocycles. The fraction of sp³-hybridized carbons (Fsp3) is 0.364. The number of anilines is 2. The second-order valence-electron chi connectivity index (χ2n) is 4.49. The van der Waals surface area contributed by atoms with Crippen molar-refractivity contribution in [3.8, 4) is 0 Å². The lowest BCUT2D eigenvalue weighted by molar-refractivity contribution is 0.598. The predicted molar refractivity (Wildman–Crippen MR) is 72.9 cm³/mol. The average Bonchev–Trinajstić information content (AvgIpc) is 3.13. The third-order valence-corrected chi connectivity index (χ3v) is 4.35. The van der Waals surface area contributed by atoms with Crippen LogP contribution in [0.25, 0.3) is 0 Å². The zero-order valence-electron chi connectivity index (χ0n) is 10.7. The molecule has 20 heavy (non-hydrogen) atoms. The zero-order valence-corrected chi connectivity index (χ0v) is 11.5. The number of H-pyrrole nitrogens is 1. The molecule has 0 radical (unpaired) electrons. The van der Waals surface area contributed by atoms with Gasteiger partial charge in [0.05, 0.1) is 30.6 Å². The lowest BCUT2D eigenvalue weighted by atomic mass is 10.4. The van der Waals surface area contributed by atoms with E-state index in [-0.39, 0.29) is 5.03 Å². The van der Waals surface area contributed by atoms with E-state index in [1.165, 1.54) is 24.9 Å². The molecule has 9 heteroatoms. The minimum absolute atomic E-state index is 0.00104. The smallest absolute Gasteiger partial charge is 0.279 e. The number of hydrogen-bond donors (Lipinski definition) is 2. The summed E-state index contributed by atoms with van der Waals surface area (Å²) in [6.45, 7) is 1.89. The minimum Gasteiger partial charge on any atom is -0.341 e. The van der Waals surface area contributed by atoms with Crippen molar-refractivity contribution in [3.05, 3.63) is 24.9 Å². The summed E-state index contributed by atoms with van der Waals surface area (Å²) in [6, 6.07) is 0. The van der Waals surface area contributed by atoms with E-state index >= 15 is 0 Å². The van der Waals surface area contributed by atoms with Crippen LogP contribution in [0.2, 0.25) is 0 Å². The molecule has 0 unspecified atom stereocenters. The Morgan fingerprint density at radius 1 is 1.15 bits per heavy atom. The second-order valence-corrected chi connectivity index (χ2v) is 6.14. The van der Waals surface area contributed by atoms with E-state index < -0.39 is 10.0 Å². The molecule has 2 aromatic rings. The van der Waals surface area contributed by atoms with Gasteiger partial charge in [-0.1, -0.05) is 0 Å². The molecule has 0 amide bonds. The van der Waals surface area contributed by atoms with E-state index in [0.717, 1.165) is 25.9 Å². The van der Waals surface area contributed by atoms with Gasteiger partial charge in [0, 0.05) is 13.1 Å². The maximum atomic E-state index is 12.0. The molecular formula is C11H14N6O2S. The maximum Gasteiger partial charge on any atom is 0.279 e. The second kappa shape index (κ2) is 5.08. The minimum atomic E-state index is -3.66. The first-order valence-electron chi connectivity index (χ1n) is 6.23. The molecule has 0 aromatic carbocycles. The molecule has 0 bridgehead atoms. The van der Waals surface area contributed by atoms with Crippen molar-refractivity contribution in [1.82, 2.24) is 19.9 Å². The van der Waals surface area contributed by atoms with Gasteiger partial charge >= 0.3 is 0 Å². The van der Waals surface area contributed by atoms with Gasteiger partial charge in [0.2, 0.25) is 5.95 Å². The zero-order chi connectivity index (χ0) is 14.0. The quantitative estimate of drug-likeness (QED) is 0.855. The monoisotopic (exact) mass is 294 g/mol. The Labute approximate surface area is 116 Å². The number of imidazole rings is 1. The van der Waals surface area contributed by atoms with E-state index in [2.05, 4.69) is 29.6 Å². The Morgan fingerprint density at radius 2 is 1.85 bits per heavy atom. The van der Waals surface area contributed by atoms with E-state index in [1.807, 2.05) is 0 Å². The van der Waals surface area contributed by atoms with Crippen LogP contribution in [0.1, 0.15) is 12.8 Å². The summed E-state index contributed by atoms with van der Waals surface area (Å²) in [5, 5.41) is 0.00104. The van der Waals surface area contributed by atoms with Crippen LogP contribution >= 0.6 is 0 Å². The van der Waals surface area contributed by atoms with E-state index in [0.29, 0.717) is 11.6 Å². The lowest BCUT2D eigenvalue weighted by Gasteiger charge is -2.14. The van der Waals surface area contributed by atoms with Gasteiger partial charge in [-0.2, -0.15) is 8.42 Å². The summed E-state index contributed by atoms with van der Waals surface area (Å²) >= 11 is 0. The van der Waals surface area contributed by atoms with Crippen molar-refractivity contribution in [3.63, 3.8) is 0 Å². The molecule has 0 spiro atoms. The Kier molecular flexibility index (Phi) is 3.26. The first-order valence-corrected chi connectivity index (χ1v) is 7.72. The van der Waals surface area contributed by atoms with Gasteiger partial charge in [-0.3, -0.25) is 4.72 Å². The topological polar surface area (TPSA) is 104 Å². The van der Waals surface area contributed by atoms with Crippen LogP contribution in [0, 0.1) is 0 Å². The first-order chi connectivity index (χ1) is 9.65. The molecule has 1 aliphatic rings. The number of nitrogens with one attached hydrogen (secondary N) is 2. The van der Waals surface area contributed by atoms with Crippen LogP contribution in [0.4, 0.5) is 11.6 Å². The van der Waals surface area contributed by atoms with Crippen molar-refractivity contribution in [2.45, 2.75) is 17.9 Å². The van der Waals surface area contributed by atoms with Crippen molar-refractivity contribution in [2.75, 3.05) is 22.7 Å². The van der Waals surface area contributed by atoms with Gasteiger partial charge < -0.3 is 9.88 Å². The van der Waals surface area contributed by atoms with Crippen molar-refractivity contribution in [2.24, 2.45) is 0 Å². The molecule has 8 nitrogen and oxygen atoms in total. The molecule has 2 aromatic heterocycles. The van der Waals surface area contributed by atoms with Gasteiger partial charge in [-0.05, 0) is 12.8 Å². The van der Waals surface area contributed by atoms with E-state index in [1.54, 1.807) is 0 Å². The summed E-state index contributed by atoms with van der Waals surface area (Å²) in [6.07, 6.45) is 7.75. The highest BCUT2D eigenvalue weighted by molar-refractivity contribution is 7.92. The highest BCUT2D eigenvalue weighted by atomic mass is 32.2. The largest absolute Gasteiger partial charge is 0.341 e. The van der Waals surface area contributed by atoms with Gasteiger partial charge in [-0.25, -0.2) is 15.0 Å². The van der Waals surface area contributed by atoms with Crippen molar-refractivity contribution < 1.29 is 8.42 Å². The number of hydrogen-bond acceptors (Lipinski definition) is 6. The number of nitrogens with zero attached hydrogens (tertiary/aromatic N) is 4.